The number of hydrogen-bond donors (Lipinski definition) is 2. The molecule has 0 aliphatic heterocycles. The Bertz CT molecular complexity index is 378. The van der Waals surface area contributed by atoms with Gasteiger partial charge in [0.25, 0.3) is 0 Å². The van der Waals surface area contributed by atoms with Gasteiger partial charge in [0.05, 0.1) is 17.2 Å². The van der Waals surface area contributed by atoms with Gasteiger partial charge >= 0.3 is 0 Å². The molecular formula is C13H24N4OS. The first kappa shape index (κ1) is 15.9. The maximum Gasteiger partial charge on any atom is 0.191 e. The normalized spacial score (nSPS) is 11.6. The smallest absolute Gasteiger partial charge is 0.191 e. The van der Waals surface area contributed by atoms with Crippen molar-refractivity contribution < 1.29 is 4.74 Å². The van der Waals surface area contributed by atoms with Crippen LogP contribution in [-0.4, -0.2) is 37.7 Å². The molecule has 0 aromatic carbocycles. The maximum atomic E-state index is 5.28. The second kappa shape index (κ2) is 9.75. The first-order chi connectivity index (χ1) is 9.30. The van der Waals surface area contributed by atoms with E-state index in [4.69, 9.17) is 4.74 Å². The Kier molecular flexibility index (Phi) is 8.16. The number of ether oxygens (including phenoxy) is 1. The summed E-state index contributed by atoms with van der Waals surface area (Å²) in [5, 5.41) is 9.78. The number of aromatic nitrogens is 1. The first-order valence-electron chi connectivity index (χ1n) is 6.75. The zero-order valence-corrected chi connectivity index (χ0v) is 12.8. The largest absolute Gasteiger partial charge is 0.382 e. The number of aliphatic imine (C=N–C) groups is 1. The van der Waals surface area contributed by atoms with Crippen molar-refractivity contribution in [1.29, 1.82) is 0 Å². The molecular weight excluding hydrogens is 260 g/mol. The van der Waals surface area contributed by atoms with Gasteiger partial charge in [0.1, 0.15) is 0 Å². The van der Waals surface area contributed by atoms with Crippen molar-refractivity contribution in [3.05, 3.63) is 16.1 Å². The van der Waals surface area contributed by atoms with E-state index in [2.05, 4.69) is 32.9 Å². The highest BCUT2D eigenvalue weighted by atomic mass is 32.1. The van der Waals surface area contributed by atoms with Gasteiger partial charge in [-0.3, -0.25) is 4.99 Å². The van der Waals surface area contributed by atoms with Crippen LogP contribution in [0, 0.1) is 0 Å². The quantitative estimate of drug-likeness (QED) is 0.434. The first-order valence-corrected chi connectivity index (χ1v) is 7.63. The molecule has 0 radical (unpaired) electrons. The van der Waals surface area contributed by atoms with Crippen LogP contribution in [0.5, 0.6) is 0 Å². The number of rotatable bonds is 8. The van der Waals surface area contributed by atoms with Gasteiger partial charge in [-0.25, -0.2) is 4.98 Å². The Morgan fingerprint density at radius 3 is 2.89 bits per heavy atom. The van der Waals surface area contributed by atoms with Crippen LogP contribution in [0.3, 0.4) is 0 Å². The lowest BCUT2D eigenvalue weighted by Gasteiger charge is -2.10. The van der Waals surface area contributed by atoms with Crippen molar-refractivity contribution in [3.63, 3.8) is 0 Å². The van der Waals surface area contributed by atoms with Crippen molar-refractivity contribution in [3.8, 4) is 0 Å². The molecule has 1 rings (SSSR count). The van der Waals surface area contributed by atoms with E-state index in [0.717, 1.165) is 44.3 Å². The minimum atomic E-state index is 0.710. The van der Waals surface area contributed by atoms with Crippen LogP contribution >= 0.6 is 11.3 Å². The number of aryl methyl sites for hydroxylation is 1. The van der Waals surface area contributed by atoms with Gasteiger partial charge in [0.15, 0.2) is 5.96 Å². The summed E-state index contributed by atoms with van der Waals surface area (Å²) >= 11 is 1.71. The van der Waals surface area contributed by atoms with Crippen LogP contribution in [0.25, 0.3) is 0 Å². The second-order valence-corrected chi connectivity index (χ2v) is 4.93. The molecule has 0 atom stereocenters. The van der Waals surface area contributed by atoms with E-state index >= 15 is 0 Å². The molecule has 19 heavy (non-hydrogen) atoms. The van der Waals surface area contributed by atoms with Crippen molar-refractivity contribution >= 4 is 17.3 Å². The Morgan fingerprint density at radius 1 is 1.42 bits per heavy atom. The fraction of sp³-hybridized carbons (Fsp3) is 0.692. The number of thiazole rings is 1. The van der Waals surface area contributed by atoms with Crippen LogP contribution in [0.15, 0.2) is 10.4 Å². The summed E-state index contributed by atoms with van der Waals surface area (Å²) in [4.78, 5) is 8.69. The van der Waals surface area contributed by atoms with Crippen molar-refractivity contribution in [2.75, 3.05) is 26.8 Å². The summed E-state index contributed by atoms with van der Waals surface area (Å²) in [5.74, 6) is 0.808. The van der Waals surface area contributed by atoms with Gasteiger partial charge < -0.3 is 15.4 Å². The lowest BCUT2D eigenvalue weighted by molar-refractivity contribution is 0.145. The lowest BCUT2D eigenvalue weighted by Crippen LogP contribution is -2.37. The highest BCUT2D eigenvalue weighted by Gasteiger charge is 2.02. The highest BCUT2D eigenvalue weighted by Crippen LogP contribution is 2.09. The predicted octanol–water partition coefficient (Wildman–Crippen LogP) is 1.80. The van der Waals surface area contributed by atoms with Crippen LogP contribution in [0.4, 0.5) is 0 Å². The molecule has 0 saturated carbocycles. The van der Waals surface area contributed by atoms with E-state index in [1.807, 2.05) is 6.92 Å². The van der Waals surface area contributed by atoms with Gasteiger partial charge in [0, 0.05) is 32.2 Å². The Morgan fingerprint density at radius 2 is 2.26 bits per heavy atom. The predicted molar refractivity (Wildman–Crippen MR) is 80.8 cm³/mol. The molecule has 0 unspecified atom stereocenters. The maximum absolute atomic E-state index is 5.28. The zero-order chi connectivity index (χ0) is 13.9. The third-order valence-corrected chi connectivity index (χ3v) is 3.57. The van der Waals surface area contributed by atoms with E-state index in [-0.39, 0.29) is 0 Å². The molecule has 1 aromatic rings. The average molecular weight is 284 g/mol. The number of nitrogens with one attached hydrogen (secondary N) is 2. The van der Waals surface area contributed by atoms with Gasteiger partial charge in [-0.05, 0) is 19.8 Å². The summed E-state index contributed by atoms with van der Waals surface area (Å²) < 4.78 is 5.28. The minimum absolute atomic E-state index is 0.710. The number of nitrogens with zero attached hydrogens (tertiary/aromatic N) is 2. The summed E-state index contributed by atoms with van der Waals surface area (Å²) in [6.45, 7) is 7.25. The molecule has 2 N–H and O–H groups in total. The Balaban J connectivity index is 2.21. The molecule has 1 aromatic heterocycles. The third-order valence-electron chi connectivity index (χ3n) is 2.52. The molecule has 0 saturated heterocycles. The molecule has 5 nitrogen and oxygen atoms in total. The van der Waals surface area contributed by atoms with Crippen LogP contribution in [0.1, 0.15) is 31.0 Å². The lowest BCUT2D eigenvalue weighted by atomic mass is 10.4. The monoisotopic (exact) mass is 284 g/mol. The standard InChI is InChI=1S/C13H24N4OS/c1-4-12-17-11(10-19-12)9-16-13(14-3)15-7-6-8-18-5-2/h10H,4-9H2,1-3H3,(H2,14,15,16). The summed E-state index contributed by atoms with van der Waals surface area (Å²) in [7, 11) is 1.77. The van der Waals surface area contributed by atoms with Crippen molar-refractivity contribution in [1.82, 2.24) is 15.6 Å². The van der Waals surface area contributed by atoms with E-state index in [9.17, 15) is 0 Å². The van der Waals surface area contributed by atoms with Crippen LogP contribution < -0.4 is 10.6 Å². The van der Waals surface area contributed by atoms with E-state index in [0.29, 0.717) is 6.54 Å². The summed E-state index contributed by atoms with van der Waals surface area (Å²) in [6.07, 6.45) is 1.97. The number of hydrogen-bond acceptors (Lipinski definition) is 4. The molecule has 0 aliphatic carbocycles. The highest BCUT2D eigenvalue weighted by molar-refractivity contribution is 7.09. The average Bonchev–Trinajstić information content (AvgIpc) is 2.90. The fourth-order valence-corrected chi connectivity index (χ4v) is 2.26. The molecule has 0 aliphatic rings. The molecule has 6 heteroatoms. The van der Waals surface area contributed by atoms with Gasteiger partial charge in [0.2, 0.25) is 0 Å². The van der Waals surface area contributed by atoms with Gasteiger partial charge in [-0.15, -0.1) is 11.3 Å². The molecule has 108 valence electrons. The molecule has 0 amide bonds. The Hall–Kier alpha value is -1.14. The summed E-state index contributed by atoms with van der Waals surface area (Å²) in [6, 6.07) is 0. The van der Waals surface area contributed by atoms with E-state index < -0.39 is 0 Å². The number of guanidine groups is 1. The second-order valence-electron chi connectivity index (χ2n) is 3.99. The fourth-order valence-electron chi connectivity index (χ4n) is 1.51. The molecule has 0 bridgehead atoms. The van der Waals surface area contributed by atoms with Gasteiger partial charge in [-0.1, -0.05) is 6.92 Å². The Labute approximate surface area is 119 Å². The van der Waals surface area contributed by atoms with E-state index in [1.165, 1.54) is 5.01 Å². The van der Waals surface area contributed by atoms with Gasteiger partial charge in [-0.2, -0.15) is 0 Å². The molecule has 0 fully saturated rings. The zero-order valence-electron chi connectivity index (χ0n) is 12.0. The third kappa shape index (κ3) is 6.54. The van der Waals surface area contributed by atoms with Crippen molar-refractivity contribution in [2.24, 2.45) is 4.99 Å². The molecule has 1 heterocycles. The van der Waals surface area contributed by atoms with Crippen LogP contribution in [-0.2, 0) is 17.7 Å². The van der Waals surface area contributed by atoms with Crippen LogP contribution in [0.2, 0.25) is 0 Å². The summed E-state index contributed by atoms with van der Waals surface area (Å²) in [5.41, 5.74) is 1.07. The topological polar surface area (TPSA) is 58.5 Å². The molecule has 0 spiro atoms. The van der Waals surface area contributed by atoms with Crippen molar-refractivity contribution in [2.45, 2.75) is 33.2 Å². The van der Waals surface area contributed by atoms with E-state index in [1.54, 1.807) is 18.4 Å². The SMILES string of the molecule is CCOCCCNC(=NC)NCc1csc(CC)n1. The minimum Gasteiger partial charge on any atom is -0.382 e.